The van der Waals surface area contributed by atoms with Gasteiger partial charge in [-0.3, -0.25) is 0 Å². The van der Waals surface area contributed by atoms with Gasteiger partial charge in [0, 0.05) is 12.1 Å². The van der Waals surface area contributed by atoms with E-state index in [0.717, 1.165) is 11.3 Å². The van der Waals surface area contributed by atoms with Crippen LogP contribution < -0.4 is 15.8 Å². The predicted molar refractivity (Wildman–Crippen MR) is 83.5 cm³/mol. The van der Waals surface area contributed by atoms with E-state index in [1.54, 1.807) is 7.11 Å². The summed E-state index contributed by atoms with van der Waals surface area (Å²) in [7, 11) is 1.63. The lowest BCUT2D eigenvalue weighted by atomic mass is 9.93. The van der Waals surface area contributed by atoms with E-state index in [1.807, 2.05) is 52.0 Å². The number of amides is 1. The van der Waals surface area contributed by atoms with Gasteiger partial charge in [0.15, 0.2) is 0 Å². The summed E-state index contributed by atoms with van der Waals surface area (Å²) in [4.78, 5) is 11.7. The van der Waals surface area contributed by atoms with Gasteiger partial charge in [-0.2, -0.15) is 0 Å². The van der Waals surface area contributed by atoms with Crippen molar-refractivity contribution in [1.29, 1.82) is 0 Å². The van der Waals surface area contributed by atoms with Crippen molar-refractivity contribution in [1.82, 2.24) is 5.32 Å². The van der Waals surface area contributed by atoms with Gasteiger partial charge in [0.1, 0.15) is 11.4 Å². The number of nitrogens with one attached hydrogen (secondary N) is 1. The van der Waals surface area contributed by atoms with Crippen molar-refractivity contribution in [2.45, 2.75) is 45.3 Å². The Balaban J connectivity index is 2.59. The molecular formula is C16H26N2O3. The summed E-state index contributed by atoms with van der Waals surface area (Å²) in [5, 5.41) is 2.71. The zero-order chi connectivity index (χ0) is 16.1. The second-order valence-corrected chi connectivity index (χ2v) is 6.50. The lowest BCUT2D eigenvalue weighted by Gasteiger charge is -2.27. The van der Waals surface area contributed by atoms with Gasteiger partial charge >= 0.3 is 6.09 Å². The molecule has 21 heavy (non-hydrogen) atoms. The Morgan fingerprint density at radius 2 is 1.86 bits per heavy atom. The standard InChI is InChI=1S/C16H26N2O3/c1-15(2,3)21-14(19)18-11-16(4,17)10-12-8-6-7-9-13(12)20-5/h6-9H,10-11,17H2,1-5H3,(H,18,19). The number of methoxy groups -OCH3 is 1. The Kier molecular flexibility index (Phi) is 5.61. The molecule has 0 fully saturated rings. The number of carbonyl (C=O) groups is 1. The molecule has 0 aromatic heterocycles. The minimum Gasteiger partial charge on any atom is -0.496 e. The maximum atomic E-state index is 11.7. The largest absolute Gasteiger partial charge is 0.496 e. The first-order chi connectivity index (χ1) is 9.63. The van der Waals surface area contributed by atoms with Crippen LogP contribution >= 0.6 is 0 Å². The van der Waals surface area contributed by atoms with E-state index in [9.17, 15) is 4.79 Å². The lowest BCUT2D eigenvalue weighted by Crippen LogP contribution is -2.50. The first-order valence-electron chi connectivity index (χ1n) is 7.00. The maximum Gasteiger partial charge on any atom is 0.407 e. The van der Waals surface area contributed by atoms with E-state index in [0.29, 0.717) is 13.0 Å². The summed E-state index contributed by atoms with van der Waals surface area (Å²) < 4.78 is 10.5. The van der Waals surface area contributed by atoms with Gasteiger partial charge in [0.25, 0.3) is 0 Å². The molecule has 0 aliphatic carbocycles. The highest BCUT2D eigenvalue weighted by Crippen LogP contribution is 2.21. The SMILES string of the molecule is COc1ccccc1CC(C)(N)CNC(=O)OC(C)(C)C. The van der Waals surface area contributed by atoms with Crippen LogP contribution in [0.1, 0.15) is 33.3 Å². The highest BCUT2D eigenvalue weighted by molar-refractivity contribution is 5.67. The molecule has 0 saturated carbocycles. The summed E-state index contributed by atoms with van der Waals surface area (Å²) >= 11 is 0. The molecule has 5 heteroatoms. The Bertz CT molecular complexity index is 479. The van der Waals surface area contributed by atoms with Gasteiger partial charge in [-0.25, -0.2) is 4.79 Å². The topological polar surface area (TPSA) is 73.6 Å². The van der Waals surface area contributed by atoms with E-state index in [1.165, 1.54) is 0 Å². The summed E-state index contributed by atoms with van der Waals surface area (Å²) in [6.07, 6.45) is 0.131. The Labute approximate surface area is 126 Å². The molecule has 1 atom stereocenters. The highest BCUT2D eigenvalue weighted by atomic mass is 16.6. The molecule has 0 radical (unpaired) electrons. The fourth-order valence-electron chi connectivity index (χ4n) is 1.93. The summed E-state index contributed by atoms with van der Waals surface area (Å²) in [5.74, 6) is 0.798. The number of benzene rings is 1. The fraction of sp³-hybridized carbons (Fsp3) is 0.562. The van der Waals surface area contributed by atoms with Gasteiger partial charge < -0.3 is 20.5 Å². The number of alkyl carbamates (subject to hydrolysis) is 1. The van der Waals surface area contributed by atoms with Crippen LogP contribution in [0.25, 0.3) is 0 Å². The third kappa shape index (κ3) is 6.49. The first kappa shape index (κ1) is 17.3. The van der Waals surface area contributed by atoms with Crippen molar-refractivity contribution in [3.05, 3.63) is 29.8 Å². The number of nitrogens with two attached hydrogens (primary N) is 1. The van der Waals surface area contributed by atoms with Crippen molar-refractivity contribution in [3.8, 4) is 5.75 Å². The molecule has 118 valence electrons. The quantitative estimate of drug-likeness (QED) is 0.875. The maximum absolute atomic E-state index is 11.7. The van der Waals surface area contributed by atoms with Gasteiger partial charge in [0.2, 0.25) is 0 Å². The van der Waals surface area contributed by atoms with Gasteiger partial charge in [-0.15, -0.1) is 0 Å². The summed E-state index contributed by atoms with van der Waals surface area (Å²) in [5.41, 5.74) is 6.16. The number of ether oxygens (including phenoxy) is 2. The van der Waals surface area contributed by atoms with Crippen LogP contribution in [-0.4, -0.2) is 30.9 Å². The van der Waals surface area contributed by atoms with Crippen LogP contribution in [0.2, 0.25) is 0 Å². The fourth-order valence-corrected chi connectivity index (χ4v) is 1.93. The minimum atomic E-state index is -0.592. The summed E-state index contributed by atoms with van der Waals surface area (Å²) in [6, 6.07) is 7.72. The van der Waals surface area contributed by atoms with Crippen molar-refractivity contribution in [2.24, 2.45) is 5.73 Å². The zero-order valence-electron chi connectivity index (χ0n) is 13.5. The van der Waals surface area contributed by atoms with E-state index in [4.69, 9.17) is 15.2 Å². The minimum absolute atomic E-state index is 0.319. The molecule has 0 aliphatic heterocycles. The lowest BCUT2D eigenvalue weighted by molar-refractivity contribution is 0.0516. The van der Waals surface area contributed by atoms with Crippen LogP contribution in [-0.2, 0) is 11.2 Å². The zero-order valence-corrected chi connectivity index (χ0v) is 13.5. The van der Waals surface area contributed by atoms with Crippen molar-refractivity contribution >= 4 is 6.09 Å². The molecule has 3 N–H and O–H groups in total. The van der Waals surface area contributed by atoms with Crippen LogP contribution in [0.15, 0.2) is 24.3 Å². The summed E-state index contributed by atoms with van der Waals surface area (Å²) in [6.45, 7) is 7.67. The van der Waals surface area contributed by atoms with Crippen molar-refractivity contribution in [2.75, 3.05) is 13.7 Å². The molecule has 0 heterocycles. The van der Waals surface area contributed by atoms with Crippen LogP contribution in [0.5, 0.6) is 5.75 Å². The molecule has 5 nitrogen and oxygen atoms in total. The van der Waals surface area contributed by atoms with Gasteiger partial charge in [0.05, 0.1) is 7.11 Å². The third-order valence-corrected chi connectivity index (χ3v) is 2.82. The van der Waals surface area contributed by atoms with Crippen LogP contribution in [0.4, 0.5) is 4.79 Å². The average molecular weight is 294 g/mol. The predicted octanol–water partition coefficient (Wildman–Crippen LogP) is 2.48. The first-order valence-corrected chi connectivity index (χ1v) is 7.00. The number of carbonyl (C=O) groups excluding carboxylic acids is 1. The highest BCUT2D eigenvalue weighted by Gasteiger charge is 2.23. The smallest absolute Gasteiger partial charge is 0.407 e. The Morgan fingerprint density at radius 1 is 1.24 bits per heavy atom. The van der Waals surface area contributed by atoms with E-state index in [2.05, 4.69) is 5.32 Å². The number of hydrogen-bond donors (Lipinski definition) is 2. The van der Waals surface area contributed by atoms with Crippen molar-refractivity contribution in [3.63, 3.8) is 0 Å². The van der Waals surface area contributed by atoms with E-state index >= 15 is 0 Å². The normalized spacial score (nSPS) is 14.2. The molecule has 0 saturated heterocycles. The van der Waals surface area contributed by atoms with Gasteiger partial charge in [-0.1, -0.05) is 18.2 Å². The number of para-hydroxylation sites is 1. The van der Waals surface area contributed by atoms with Crippen LogP contribution in [0.3, 0.4) is 0 Å². The molecular weight excluding hydrogens is 268 g/mol. The molecule has 1 unspecified atom stereocenters. The molecule has 1 amide bonds. The molecule has 1 rings (SSSR count). The number of rotatable bonds is 5. The van der Waals surface area contributed by atoms with Crippen LogP contribution in [0, 0.1) is 0 Å². The molecule has 1 aromatic rings. The second-order valence-electron chi connectivity index (χ2n) is 6.50. The molecule has 0 bridgehead atoms. The van der Waals surface area contributed by atoms with E-state index < -0.39 is 17.2 Å². The molecule has 0 aliphatic rings. The third-order valence-electron chi connectivity index (χ3n) is 2.82. The average Bonchev–Trinajstić information content (AvgIpc) is 2.35. The van der Waals surface area contributed by atoms with Crippen molar-refractivity contribution < 1.29 is 14.3 Å². The van der Waals surface area contributed by atoms with E-state index in [-0.39, 0.29) is 0 Å². The number of hydrogen-bond acceptors (Lipinski definition) is 4. The molecule has 1 aromatic carbocycles. The van der Waals surface area contributed by atoms with Gasteiger partial charge in [-0.05, 0) is 45.7 Å². The second kappa shape index (κ2) is 6.80. The Hall–Kier alpha value is -1.75. The monoisotopic (exact) mass is 294 g/mol. The Morgan fingerprint density at radius 3 is 2.43 bits per heavy atom. The molecule has 0 spiro atoms.